The molecule has 3 heteroatoms. The van der Waals surface area contributed by atoms with Gasteiger partial charge in [-0.05, 0) is 49.2 Å². The normalized spacial score (nSPS) is 16.4. The number of rotatable bonds is 2. The Balaban J connectivity index is 2.19. The number of hydrogen-bond acceptors (Lipinski definition) is 1. The third-order valence-electron chi connectivity index (χ3n) is 3.96. The molecule has 0 aliphatic heterocycles. The number of aryl methyl sites for hydroxylation is 2. The summed E-state index contributed by atoms with van der Waals surface area (Å²) in [5.41, 5.74) is 6.02. The molecule has 0 aromatic heterocycles. The van der Waals surface area contributed by atoms with Crippen molar-refractivity contribution in [3.8, 4) is 0 Å². The molecule has 20 heavy (non-hydrogen) atoms. The summed E-state index contributed by atoms with van der Waals surface area (Å²) in [5, 5.41) is 0. The Morgan fingerprint density at radius 1 is 0.900 bits per heavy atom. The highest BCUT2D eigenvalue weighted by Crippen LogP contribution is 2.61. The van der Waals surface area contributed by atoms with E-state index < -0.39 is 7.43 Å². The van der Waals surface area contributed by atoms with Crippen LogP contribution in [-0.2, 0) is 12.8 Å². The molecule has 1 aliphatic carbocycles. The van der Waals surface area contributed by atoms with E-state index in [2.05, 4.69) is 67.3 Å². The molecular weight excluding hydrogens is 285 g/mol. The first kappa shape index (κ1) is 14.1. The first-order valence-corrected chi connectivity index (χ1v) is 9.23. The molecule has 0 fully saturated rings. The Hall–Kier alpha value is -0.880. The zero-order chi connectivity index (χ0) is 14.1. The lowest BCUT2D eigenvalue weighted by molar-refractivity contribution is 0.678. The summed E-state index contributed by atoms with van der Waals surface area (Å²) in [6.07, 6.45) is 2.22. The Morgan fingerprint density at radius 3 is 1.80 bits per heavy atom. The van der Waals surface area contributed by atoms with Crippen LogP contribution in [0.3, 0.4) is 0 Å². The molecule has 3 rings (SSSR count). The fourth-order valence-corrected chi connectivity index (χ4v) is 5.01. The summed E-state index contributed by atoms with van der Waals surface area (Å²) < 4.78 is 2.17. The van der Waals surface area contributed by atoms with Crippen molar-refractivity contribution in [1.82, 2.24) is 4.67 Å². The Bertz CT molecular complexity index is 564. The van der Waals surface area contributed by atoms with Crippen molar-refractivity contribution in [2.24, 2.45) is 0 Å². The molecule has 0 saturated carbocycles. The minimum Gasteiger partial charge on any atom is -0.275 e. The first-order chi connectivity index (χ1) is 9.68. The van der Waals surface area contributed by atoms with Crippen LogP contribution in [0.25, 0.3) is 0 Å². The standard InChI is InChI=1S/C17H19ClNP/c1-19(2)20(18)17-15-9-5-3-7-13(15)11-12-14-8-4-6-10-16(14)17/h3-10,17H,11-12H2,1-2H3. The zero-order valence-electron chi connectivity index (χ0n) is 11.9. The van der Waals surface area contributed by atoms with Crippen LogP contribution in [-0.4, -0.2) is 18.8 Å². The lowest BCUT2D eigenvalue weighted by atomic mass is 10.00. The van der Waals surface area contributed by atoms with Crippen LogP contribution in [0.15, 0.2) is 48.5 Å². The smallest absolute Gasteiger partial charge is 0.0743 e. The molecule has 0 heterocycles. The minimum absolute atomic E-state index is 0.302. The highest BCUT2D eigenvalue weighted by atomic mass is 35.7. The molecular formula is C17H19ClNP. The molecule has 0 N–H and O–H groups in total. The van der Waals surface area contributed by atoms with Gasteiger partial charge in [0.25, 0.3) is 0 Å². The van der Waals surface area contributed by atoms with Gasteiger partial charge in [0.2, 0.25) is 0 Å². The highest BCUT2D eigenvalue weighted by Gasteiger charge is 2.30. The van der Waals surface area contributed by atoms with Gasteiger partial charge in [0.1, 0.15) is 0 Å². The van der Waals surface area contributed by atoms with Crippen LogP contribution in [0.1, 0.15) is 27.9 Å². The number of nitrogens with zero attached hydrogens (tertiary/aromatic N) is 1. The summed E-state index contributed by atoms with van der Waals surface area (Å²) in [7, 11) is 3.41. The minimum atomic E-state index is -0.742. The van der Waals surface area contributed by atoms with Crippen LogP contribution in [0.4, 0.5) is 0 Å². The predicted molar refractivity (Wildman–Crippen MR) is 88.6 cm³/mol. The predicted octanol–water partition coefficient (Wildman–Crippen LogP) is 4.99. The maximum atomic E-state index is 6.81. The van der Waals surface area contributed by atoms with Crippen molar-refractivity contribution < 1.29 is 0 Å². The Labute approximate surface area is 127 Å². The van der Waals surface area contributed by atoms with Gasteiger partial charge in [0.05, 0.1) is 13.1 Å². The van der Waals surface area contributed by atoms with Crippen molar-refractivity contribution in [3.63, 3.8) is 0 Å². The van der Waals surface area contributed by atoms with E-state index >= 15 is 0 Å². The average Bonchev–Trinajstić information content (AvgIpc) is 2.63. The van der Waals surface area contributed by atoms with Gasteiger partial charge in [-0.1, -0.05) is 59.8 Å². The summed E-state index contributed by atoms with van der Waals surface area (Å²) in [6.45, 7) is 0. The van der Waals surface area contributed by atoms with Gasteiger partial charge in [-0.15, -0.1) is 0 Å². The summed E-state index contributed by atoms with van der Waals surface area (Å²) in [5.74, 6) is 0. The molecule has 0 radical (unpaired) electrons. The van der Waals surface area contributed by atoms with Crippen LogP contribution in [0, 0.1) is 0 Å². The van der Waals surface area contributed by atoms with Crippen molar-refractivity contribution >= 4 is 18.7 Å². The second kappa shape index (κ2) is 5.85. The lowest BCUT2D eigenvalue weighted by Crippen LogP contribution is -2.10. The van der Waals surface area contributed by atoms with Gasteiger partial charge >= 0.3 is 0 Å². The number of benzene rings is 2. The maximum Gasteiger partial charge on any atom is 0.0743 e. The van der Waals surface area contributed by atoms with E-state index in [1.807, 2.05) is 0 Å². The zero-order valence-corrected chi connectivity index (χ0v) is 13.5. The second-order valence-electron chi connectivity index (χ2n) is 5.44. The highest BCUT2D eigenvalue weighted by molar-refractivity contribution is 7.82. The summed E-state index contributed by atoms with van der Waals surface area (Å²) in [6, 6.07) is 17.6. The fourth-order valence-electron chi connectivity index (χ4n) is 2.95. The lowest BCUT2D eigenvalue weighted by Gasteiger charge is -2.29. The third-order valence-corrected chi connectivity index (χ3v) is 7.20. The molecule has 0 saturated heterocycles. The van der Waals surface area contributed by atoms with Crippen LogP contribution < -0.4 is 0 Å². The quantitative estimate of drug-likeness (QED) is 0.707. The topological polar surface area (TPSA) is 3.24 Å². The average molecular weight is 304 g/mol. The largest absolute Gasteiger partial charge is 0.275 e. The van der Waals surface area contributed by atoms with Crippen molar-refractivity contribution in [2.45, 2.75) is 18.5 Å². The van der Waals surface area contributed by atoms with Gasteiger partial charge in [-0.2, -0.15) is 0 Å². The van der Waals surface area contributed by atoms with Crippen LogP contribution >= 0.6 is 18.7 Å². The molecule has 2 aromatic carbocycles. The fraction of sp³-hybridized carbons (Fsp3) is 0.294. The van der Waals surface area contributed by atoms with E-state index in [1.165, 1.54) is 22.3 Å². The van der Waals surface area contributed by atoms with Crippen molar-refractivity contribution in [3.05, 3.63) is 70.8 Å². The number of hydrogen-bond donors (Lipinski definition) is 0. The van der Waals surface area contributed by atoms with Gasteiger partial charge in [-0.25, -0.2) is 0 Å². The second-order valence-corrected chi connectivity index (χ2v) is 8.37. The molecule has 1 aliphatic rings. The SMILES string of the molecule is CN(C)P(Cl)C1c2ccccc2CCc2ccccc21. The number of fused-ring (bicyclic) bond motifs is 2. The monoisotopic (exact) mass is 303 g/mol. The first-order valence-electron chi connectivity index (χ1n) is 6.96. The van der Waals surface area contributed by atoms with Gasteiger partial charge in [0.15, 0.2) is 0 Å². The molecule has 2 aromatic rings. The third kappa shape index (κ3) is 2.51. The van der Waals surface area contributed by atoms with E-state index in [1.54, 1.807) is 0 Å². The molecule has 0 bridgehead atoms. The van der Waals surface area contributed by atoms with Gasteiger partial charge in [-0.3, -0.25) is 4.67 Å². The van der Waals surface area contributed by atoms with Crippen LogP contribution in [0.5, 0.6) is 0 Å². The molecule has 1 unspecified atom stereocenters. The molecule has 1 atom stereocenters. The van der Waals surface area contributed by atoms with E-state index in [4.69, 9.17) is 11.2 Å². The van der Waals surface area contributed by atoms with Crippen molar-refractivity contribution in [2.75, 3.05) is 14.1 Å². The van der Waals surface area contributed by atoms with E-state index in [0.29, 0.717) is 5.66 Å². The van der Waals surface area contributed by atoms with E-state index in [-0.39, 0.29) is 0 Å². The Kier molecular flexibility index (Phi) is 4.12. The maximum absolute atomic E-state index is 6.81. The van der Waals surface area contributed by atoms with E-state index in [9.17, 15) is 0 Å². The summed E-state index contributed by atoms with van der Waals surface area (Å²) >= 11 is 6.81. The molecule has 1 nitrogen and oxygen atoms in total. The number of halogens is 1. The summed E-state index contributed by atoms with van der Waals surface area (Å²) in [4.78, 5) is 0. The molecule has 0 spiro atoms. The van der Waals surface area contributed by atoms with E-state index in [0.717, 1.165) is 12.8 Å². The van der Waals surface area contributed by atoms with Gasteiger partial charge < -0.3 is 0 Å². The Morgan fingerprint density at radius 2 is 1.35 bits per heavy atom. The van der Waals surface area contributed by atoms with Crippen LogP contribution in [0.2, 0.25) is 0 Å². The molecule has 0 amide bonds. The van der Waals surface area contributed by atoms with Gasteiger partial charge in [0, 0.05) is 0 Å². The van der Waals surface area contributed by atoms with Crippen molar-refractivity contribution in [1.29, 1.82) is 0 Å². The molecule has 104 valence electrons.